The number of ether oxygens (including phenoxy) is 2. The van der Waals surface area contributed by atoms with E-state index in [0.717, 1.165) is 57.8 Å². The second kappa shape index (κ2) is 16.3. The van der Waals surface area contributed by atoms with Gasteiger partial charge in [-0.2, -0.15) is 0 Å². The maximum atomic E-state index is 14.9. The minimum atomic E-state index is -4.33. The fourth-order valence-corrected chi connectivity index (χ4v) is 8.03. The van der Waals surface area contributed by atoms with Crippen LogP contribution in [0, 0.1) is 20.8 Å². The normalized spacial score (nSPS) is 13.8. The van der Waals surface area contributed by atoms with E-state index in [9.17, 15) is 18.0 Å². The monoisotopic (exact) mass is 697 g/mol. The van der Waals surface area contributed by atoms with Gasteiger partial charge < -0.3 is 19.7 Å². The highest BCUT2D eigenvalue weighted by molar-refractivity contribution is 7.92. The number of carbonyl (C=O) groups is 2. The van der Waals surface area contributed by atoms with Crippen molar-refractivity contribution in [3.8, 4) is 11.5 Å². The number of nitrogens with zero attached hydrogens (tertiary/aromatic N) is 2. The lowest BCUT2D eigenvalue weighted by molar-refractivity contribution is -0.140. The van der Waals surface area contributed by atoms with E-state index in [1.54, 1.807) is 17.0 Å². The Kier molecular flexibility index (Phi) is 11.8. The second-order valence-electron chi connectivity index (χ2n) is 13.0. The van der Waals surface area contributed by atoms with Crippen LogP contribution in [0.25, 0.3) is 0 Å². The molecule has 0 radical (unpaired) electrons. The quantitative estimate of drug-likeness (QED) is 0.161. The average Bonchev–Trinajstić information content (AvgIpc) is 3.62. The summed E-state index contributed by atoms with van der Waals surface area (Å²) < 4.78 is 41.1. The highest BCUT2D eigenvalue weighted by Crippen LogP contribution is 2.33. The van der Waals surface area contributed by atoms with Crippen LogP contribution in [-0.4, -0.2) is 58.0 Å². The molecule has 10 heteroatoms. The minimum absolute atomic E-state index is 0.0355. The van der Waals surface area contributed by atoms with Crippen LogP contribution in [0.5, 0.6) is 11.5 Å². The summed E-state index contributed by atoms with van der Waals surface area (Å²) in [6, 6.07) is 26.3. The second-order valence-corrected chi connectivity index (χ2v) is 14.9. The van der Waals surface area contributed by atoms with Gasteiger partial charge in [-0.25, -0.2) is 8.42 Å². The molecule has 1 unspecified atom stereocenters. The number of benzene rings is 4. The molecule has 0 saturated heterocycles. The van der Waals surface area contributed by atoms with Gasteiger partial charge in [0.15, 0.2) is 11.5 Å². The molecule has 1 aliphatic rings. The van der Waals surface area contributed by atoms with Gasteiger partial charge in [-0.15, -0.1) is 0 Å². The summed E-state index contributed by atoms with van der Waals surface area (Å²) in [5.74, 6) is -0.128. The van der Waals surface area contributed by atoms with Crippen LogP contribution >= 0.6 is 0 Å². The third-order valence-electron chi connectivity index (χ3n) is 9.29. The number of hydrogen-bond acceptors (Lipinski definition) is 6. The van der Waals surface area contributed by atoms with Gasteiger partial charge in [-0.1, -0.05) is 73.5 Å². The standard InChI is InChI=1S/C40H47N3O6S/c1-28-21-29(2)23-34(22-28)43(50(46,47)35-19-20-37(48-4)38(25-35)49-5)27-39(44)42(26-32-16-10-9-13-30(32)3)36(24-31-14-7-6-8-15-31)40(45)41-33-17-11-12-18-33/h6-10,13-16,19-23,25,33,36H,11-12,17-18,24,26-27H2,1-5H3,(H,41,45). The van der Waals surface area contributed by atoms with Crippen molar-refractivity contribution in [2.24, 2.45) is 0 Å². The van der Waals surface area contributed by atoms with Gasteiger partial charge in [0.05, 0.1) is 24.8 Å². The number of sulfonamides is 1. The van der Waals surface area contributed by atoms with E-state index >= 15 is 0 Å². The molecule has 2 amide bonds. The zero-order valence-corrected chi connectivity index (χ0v) is 30.3. The van der Waals surface area contributed by atoms with Crippen LogP contribution in [0.3, 0.4) is 0 Å². The predicted molar refractivity (Wildman–Crippen MR) is 196 cm³/mol. The Morgan fingerprint density at radius 3 is 2.10 bits per heavy atom. The van der Waals surface area contributed by atoms with Crippen molar-refractivity contribution < 1.29 is 27.5 Å². The third-order valence-corrected chi connectivity index (χ3v) is 11.1. The molecule has 1 N–H and O–H groups in total. The molecule has 4 aromatic rings. The summed E-state index contributed by atoms with van der Waals surface area (Å²) in [6.07, 6.45) is 4.13. The van der Waals surface area contributed by atoms with Crippen molar-refractivity contribution in [3.05, 3.63) is 119 Å². The van der Waals surface area contributed by atoms with E-state index in [1.165, 1.54) is 32.4 Å². The van der Waals surface area contributed by atoms with Gasteiger partial charge in [0.25, 0.3) is 10.0 Å². The molecule has 264 valence electrons. The van der Waals surface area contributed by atoms with E-state index in [2.05, 4.69) is 5.32 Å². The summed E-state index contributed by atoms with van der Waals surface area (Å²) in [6.45, 7) is 5.32. The maximum absolute atomic E-state index is 14.9. The van der Waals surface area contributed by atoms with Crippen molar-refractivity contribution in [3.63, 3.8) is 0 Å². The summed E-state index contributed by atoms with van der Waals surface area (Å²) in [4.78, 5) is 30.6. The largest absolute Gasteiger partial charge is 0.493 e. The molecule has 0 heterocycles. The first-order chi connectivity index (χ1) is 24.0. The Hall–Kier alpha value is -4.83. The van der Waals surface area contributed by atoms with Crippen LogP contribution in [0.15, 0.2) is 95.9 Å². The van der Waals surface area contributed by atoms with Crippen LogP contribution < -0.4 is 19.1 Å². The van der Waals surface area contributed by atoms with E-state index in [1.807, 2.05) is 81.4 Å². The molecule has 1 atom stereocenters. The summed E-state index contributed by atoms with van der Waals surface area (Å²) in [7, 11) is -1.42. The lowest BCUT2D eigenvalue weighted by atomic mass is 10.0. The highest BCUT2D eigenvalue weighted by Gasteiger charge is 2.36. The fourth-order valence-electron chi connectivity index (χ4n) is 6.62. The molecular formula is C40H47N3O6S. The molecule has 4 aromatic carbocycles. The third kappa shape index (κ3) is 8.66. The zero-order valence-electron chi connectivity index (χ0n) is 29.5. The Morgan fingerprint density at radius 2 is 1.46 bits per heavy atom. The minimum Gasteiger partial charge on any atom is -0.493 e. The van der Waals surface area contributed by atoms with Crippen LogP contribution in [0.2, 0.25) is 0 Å². The molecule has 1 fully saturated rings. The predicted octanol–water partition coefficient (Wildman–Crippen LogP) is 6.52. The molecule has 0 bridgehead atoms. The van der Waals surface area contributed by atoms with Gasteiger partial charge >= 0.3 is 0 Å². The van der Waals surface area contributed by atoms with Crippen molar-refractivity contribution >= 4 is 27.5 Å². The van der Waals surface area contributed by atoms with Gasteiger partial charge in [0, 0.05) is 25.1 Å². The van der Waals surface area contributed by atoms with Crippen LogP contribution in [0.1, 0.15) is 53.5 Å². The molecule has 5 rings (SSSR count). The molecule has 9 nitrogen and oxygen atoms in total. The molecule has 0 aromatic heterocycles. The summed E-state index contributed by atoms with van der Waals surface area (Å²) in [5.41, 5.74) is 4.75. The number of hydrogen-bond donors (Lipinski definition) is 1. The first-order valence-electron chi connectivity index (χ1n) is 17.0. The number of methoxy groups -OCH3 is 2. The van der Waals surface area contributed by atoms with E-state index in [-0.39, 0.29) is 35.6 Å². The van der Waals surface area contributed by atoms with Crippen LogP contribution in [-0.2, 0) is 32.6 Å². The van der Waals surface area contributed by atoms with Crippen molar-refractivity contribution in [2.45, 2.75) is 76.4 Å². The van der Waals surface area contributed by atoms with E-state index in [4.69, 9.17) is 9.47 Å². The molecular weight excluding hydrogens is 651 g/mol. The molecule has 1 saturated carbocycles. The number of aryl methyl sites for hydroxylation is 3. The average molecular weight is 698 g/mol. The number of anilines is 1. The SMILES string of the molecule is COc1ccc(S(=O)(=O)N(CC(=O)N(Cc2ccccc2C)C(Cc2ccccc2)C(=O)NC2CCCC2)c2cc(C)cc(C)c2)cc1OC. The Labute approximate surface area is 296 Å². The Balaban J connectivity index is 1.61. The molecule has 0 aliphatic heterocycles. The Bertz CT molecular complexity index is 1890. The van der Waals surface area contributed by atoms with Gasteiger partial charge in [0.2, 0.25) is 11.8 Å². The maximum Gasteiger partial charge on any atom is 0.264 e. The topological polar surface area (TPSA) is 105 Å². The lowest BCUT2D eigenvalue weighted by Gasteiger charge is -2.35. The number of amides is 2. The van der Waals surface area contributed by atoms with Gasteiger partial charge in [-0.05, 0) is 85.7 Å². The number of carbonyl (C=O) groups excluding carboxylic acids is 2. The smallest absolute Gasteiger partial charge is 0.264 e. The summed E-state index contributed by atoms with van der Waals surface area (Å²) >= 11 is 0. The fraction of sp³-hybridized carbons (Fsp3) is 0.350. The van der Waals surface area contributed by atoms with Gasteiger partial charge in [0.1, 0.15) is 12.6 Å². The van der Waals surface area contributed by atoms with Gasteiger partial charge in [-0.3, -0.25) is 13.9 Å². The zero-order chi connectivity index (χ0) is 35.8. The van der Waals surface area contributed by atoms with Crippen LogP contribution in [0.4, 0.5) is 5.69 Å². The lowest BCUT2D eigenvalue weighted by Crippen LogP contribution is -2.54. The van der Waals surface area contributed by atoms with Crippen molar-refractivity contribution in [1.29, 1.82) is 0 Å². The summed E-state index contributed by atoms with van der Waals surface area (Å²) in [5, 5.41) is 3.22. The van der Waals surface area contributed by atoms with Crippen molar-refractivity contribution in [1.82, 2.24) is 10.2 Å². The van der Waals surface area contributed by atoms with E-state index < -0.39 is 28.5 Å². The van der Waals surface area contributed by atoms with Crippen molar-refractivity contribution in [2.75, 3.05) is 25.1 Å². The molecule has 50 heavy (non-hydrogen) atoms. The highest BCUT2D eigenvalue weighted by atomic mass is 32.2. The first-order valence-corrected chi connectivity index (χ1v) is 18.5. The molecule has 0 spiro atoms. The number of nitrogens with one attached hydrogen (secondary N) is 1. The molecule has 1 aliphatic carbocycles. The number of rotatable bonds is 14. The Morgan fingerprint density at radius 1 is 0.820 bits per heavy atom. The first kappa shape index (κ1) is 36.5. The van der Waals surface area contributed by atoms with E-state index in [0.29, 0.717) is 11.4 Å².